The fraction of sp³-hybridized carbons (Fsp3) is 1.00. The highest BCUT2D eigenvalue weighted by Gasteiger charge is 2.18. The predicted molar refractivity (Wildman–Crippen MR) is 67.3 cm³/mol. The van der Waals surface area contributed by atoms with Crippen LogP contribution in [-0.2, 0) is 14.2 Å². The van der Waals surface area contributed by atoms with E-state index in [9.17, 15) is 5.11 Å². The van der Waals surface area contributed by atoms with Gasteiger partial charge in [0, 0.05) is 40.4 Å². The fourth-order valence-electron chi connectivity index (χ4n) is 1.31. The Kier molecular flexibility index (Phi) is 10.8. The maximum absolute atomic E-state index is 9.93. The third-order valence-electron chi connectivity index (χ3n) is 2.42. The maximum Gasteiger partial charge on any atom is 0.0765 e. The molecule has 0 saturated heterocycles. The zero-order valence-corrected chi connectivity index (χ0v) is 11.3. The molecule has 0 aromatic rings. The normalized spacial score (nSPS) is 14.8. The van der Waals surface area contributed by atoms with Gasteiger partial charge in [-0.25, -0.2) is 0 Å². The monoisotopic (exact) mass is 249 g/mol. The van der Waals surface area contributed by atoms with E-state index in [-0.39, 0.29) is 0 Å². The molecule has 0 aromatic carbocycles. The predicted octanol–water partition coefficient (Wildman–Crippen LogP) is 0.417. The molecule has 104 valence electrons. The average molecular weight is 249 g/mol. The van der Waals surface area contributed by atoms with Gasteiger partial charge in [-0.15, -0.1) is 0 Å². The van der Waals surface area contributed by atoms with Gasteiger partial charge in [-0.1, -0.05) is 0 Å². The lowest BCUT2D eigenvalue weighted by Crippen LogP contribution is -2.39. The third-order valence-corrected chi connectivity index (χ3v) is 2.42. The number of nitrogens with one attached hydrogen (secondary N) is 1. The summed E-state index contributed by atoms with van der Waals surface area (Å²) in [7, 11) is 3.30. The van der Waals surface area contributed by atoms with Crippen molar-refractivity contribution in [3.63, 3.8) is 0 Å². The maximum atomic E-state index is 9.93. The first-order valence-electron chi connectivity index (χ1n) is 6.11. The molecule has 0 aliphatic carbocycles. The van der Waals surface area contributed by atoms with Gasteiger partial charge in [0.25, 0.3) is 0 Å². The molecule has 1 atom stereocenters. The molecular formula is C12H27NO4. The van der Waals surface area contributed by atoms with Gasteiger partial charge >= 0.3 is 0 Å². The first-order chi connectivity index (χ1) is 8.12. The Morgan fingerprint density at radius 2 is 1.76 bits per heavy atom. The summed E-state index contributed by atoms with van der Waals surface area (Å²) in [5.74, 6) is 0. The van der Waals surface area contributed by atoms with Crippen LogP contribution in [0.3, 0.4) is 0 Å². The molecule has 0 radical (unpaired) electrons. The van der Waals surface area contributed by atoms with E-state index in [2.05, 4.69) is 5.32 Å². The van der Waals surface area contributed by atoms with Crippen LogP contribution in [0.15, 0.2) is 0 Å². The van der Waals surface area contributed by atoms with E-state index in [1.54, 1.807) is 14.2 Å². The van der Waals surface area contributed by atoms with Crippen molar-refractivity contribution in [3.05, 3.63) is 0 Å². The zero-order chi connectivity index (χ0) is 13.0. The lowest BCUT2D eigenvalue weighted by Gasteiger charge is -2.23. The summed E-state index contributed by atoms with van der Waals surface area (Å²) in [6.07, 6.45) is 1.57. The second-order valence-electron chi connectivity index (χ2n) is 4.38. The molecule has 0 aromatic heterocycles. The van der Waals surface area contributed by atoms with Gasteiger partial charge in [-0.05, 0) is 19.9 Å². The Balaban J connectivity index is 3.26. The van der Waals surface area contributed by atoms with Crippen LogP contribution in [0.1, 0.15) is 19.8 Å². The highest BCUT2D eigenvalue weighted by Crippen LogP contribution is 2.07. The molecule has 0 amide bonds. The fourth-order valence-corrected chi connectivity index (χ4v) is 1.31. The Bertz CT molecular complexity index is 165. The molecular weight excluding hydrogens is 222 g/mol. The van der Waals surface area contributed by atoms with Gasteiger partial charge in [0.15, 0.2) is 0 Å². The zero-order valence-electron chi connectivity index (χ0n) is 11.3. The van der Waals surface area contributed by atoms with E-state index in [4.69, 9.17) is 14.2 Å². The number of rotatable bonds is 12. The van der Waals surface area contributed by atoms with Crippen LogP contribution in [0.4, 0.5) is 0 Å². The van der Waals surface area contributed by atoms with Crippen molar-refractivity contribution >= 4 is 0 Å². The number of ether oxygens (including phenoxy) is 3. The summed E-state index contributed by atoms with van der Waals surface area (Å²) in [5, 5.41) is 13.1. The molecule has 0 aliphatic rings. The summed E-state index contributed by atoms with van der Waals surface area (Å²) >= 11 is 0. The number of aliphatic hydroxyl groups is 1. The largest absolute Gasteiger partial charge is 0.389 e. The standard InChI is InChI=1S/C12H27NO4/c1-12(14,5-8-15-2)11-13-6-4-7-17-10-9-16-3/h13-14H,4-11H2,1-3H3. The first kappa shape index (κ1) is 16.8. The molecule has 0 bridgehead atoms. The van der Waals surface area contributed by atoms with Crippen molar-refractivity contribution < 1.29 is 19.3 Å². The van der Waals surface area contributed by atoms with Crippen LogP contribution >= 0.6 is 0 Å². The quantitative estimate of drug-likeness (QED) is 0.491. The van der Waals surface area contributed by atoms with Gasteiger partial charge < -0.3 is 24.6 Å². The van der Waals surface area contributed by atoms with Crippen LogP contribution in [0.25, 0.3) is 0 Å². The molecule has 5 nitrogen and oxygen atoms in total. The van der Waals surface area contributed by atoms with Crippen LogP contribution in [0, 0.1) is 0 Å². The molecule has 0 fully saturated rings. The SMILES string of the molecule is COCCOCCCNCC(C)(O)CCOC. The van der Waals surface area contributed by atoms with Crippen molar-refractivity contribution in [2.24, 2.45) is 0 Å². The van der Waals surface area contributed by atoms with Crippen molar-refractivity contribution in [2.75, 3.05) is 53.7 Å². The first-order valence-corrected chi connectivity index (χ1v) is 6.11. The second kappa shape index (κ2) is 10.9. The third kappa shape index (κ3) is 12.1. The Hall–Kier alpha value is -0.200. The minimum atomic E-state index is -0.701. The van der Waals surface area contributed by atoms with E-state index in [1.165, 1.54) is 0 Å². The summed E-state index contributed by atoms with van der Waals surface area (Å²) in [4.78, 5) is 0. The minimum Gasteiger partial charge on any atom is -0.389 e. The molecule has 0 spiro atoms. The lowest BCUT2D eigenvalue weighted by molar-refractivity contribution is 0.0241. The van der Waals surface area contributed by atoms with E-state index in [1.807, 2.05) is 6.92 Å². The van der Waals surface area contributed by atoms with Crippen LogP contribution in [0.2, 0.25) is 0 Å². The van der Waals surface area contributed by atoms with Gasteiger partial charge in [-0.3, -0.25) is 0 Å². The van der Waals surface area contributed by atoms with E-state index in [0.29, 0.717) is 32.8 Å². The van der Waals surface area contributed by atoms with Crippen molar-refractivity contribution in [1.82, 2.24) is 5.32 Å². The van der Waals surface area contributed by atoms with Gasteiger partial charge in [0.1, 0.15) is 0 Å². The molecule has 1 unspecified atom stereocenters. The van der Waals surface area contributed by atoms with Crippen LogP contribution in [0.5, 0.6) is 0 Å². The molecule has 0 rings (SSSR count). The molecule has 17 heavy (non-hydrogen) atoms. The van der Waals surface area contributed by atoms with Crippen molar-refractivity contribution in [2.45, 2.75) is 25.4 Å². The van der Waals surface area contributed by atoms with Crippen LogP contribution in [-0.4, -0.2) is 64.4 Å². The topological polar surface area (TPSA) is 60.0 Å². The summed E-state index contributed by atoms with van der Waals surface area (Å²) in [5.41, 5.74) is -0.701. The Labute approximate surface area is 104 Å². The van der Waals surface area contributed by atoms with Gasteiger partial charge in [-0.2, -0.15) is 0 Å². The van der Waals surface area contributed by atoms with Gasteiger partial charge in [0.2, 0.25) is 0 Å². The minimum absolute atomic E-state index is 0.578. The molecule has 0 heterocycles. The summed E-state index contributed by atoms with van der Waals surface area (Å²) < 4.78 is 15.1. The smallest absolute Gasteiger partial charge is 0.0765 e. The Morgan fingerprint density at radius 1 is 1.06 bits per heavy atom. The highest BCUT2D eigenvalue weighted by molar-refractivity contribution is 4.74. The lowest BCUT2D eigenvalue weighted by atomic mass is 10.0. The van der Waals surface area contributed by atoms with E-state index < -0.39 is 5.60 Å². The molecule has 2 N–H and O–H groups in total. The highest BCUT2D eigenvalue weighted by atomic mass is 16.5. The van der Waals surface area contributed by atoms with Gasteiger partial charge in [0.05, 0.1) is 18.8 Å². The van der Waals surface area contributed by atoms with Crippen molar-refractivity contribution in [3.8, 4) is 0 Å². The summed E-state index contributed by atoms with van der Waals surface area (Å²) in [6, 6.07) is 0. The van der Waals surface area contributed by atoms with E-state index in [0.717, 1.165) is 19.6 Å². The van der Waals surface area contributed by atoms with Crippen LogP contribution < -0.4 is 5.32 Å². The number of methoxy groups -OCH3 is 2. The van der Waals surface area contributed by atoms with Crippen molar-refractivity contribution in [1.29, 1.82) is 0 Å². The Morgan fingerprint density at radius 3 is 2.41 bits per heavy atom. The van der Waals surface area contributed by atoms with E-state index >= 15 is 0 Å². The number of hydrogen-bond donors (Lipinski definition) is 2. The average Bonchev–Trinajstić information content (AvgIpc) is 2.30. The number of hydrogen-bond acceptors (Lipinski definition) is 5. The second-order valence-corrected chi connectivity index (χ2v) is 4.38. The molecule has 5 heteroatoms. The molecule has 0 aliphatic heterocycles. The summed E-state index contributed by atoms with van der Waals surface area (Å²) in [6.45, 7) is 5.81. The molecule has 0 saturated carbocycles.